The van der Waals surface area contributed by atoms with Crippen molar-refractivity contribution in [3.8, 4) is 0 Å². The maximum atomic E-state index is 14.2. The van der Waals surface area contributed by atoms with Crippen LogP contribution in [0.1, 0.15) is 78.2 Å². The zero-order chi connectivity index (χ0) is 23.7. The Kier molecular flexibility index (Phi) is 6.73. The van der Waals surface area contributed by atoms with Gasteiger partial charge in [0.1, 0.15) is 0 Å². The SMILES string of the molecule is CCOC(=O)C1CCN(C(=O)[C@H]2c3ccccc3C(=O)N(C3CCCC3)[C@H]2c2cccs2)CC1. The van der Waals surface area contributed by atoms with Crippen molar-refractivity contribution in [3.05, 3.63) is 57.8 Å². The van der Waals surface area contributed by atoms with Crippen molar-refractivity contribution >= 4 is 29.1 Å². The van der Waals surface area contributed by atoms with Gasteiger partial charge in [-0.1, -0.05) is 37.1 Å². The number of ether oxygens (including phenoxy) is 1. The van der Waals surface area contributed by atoms with E-state index in [-0.39, 0.29) is 35.8 Å². The zero-order valence-electron chi connectivity index (χ0n) is 19.7. The first-order valence-electron chi connectivity index (χ1n) is 12.5. The monoisotopic (exact) mass is 480 g/mol. The number of thiophene rings is 1. The summed E-state index contributed by atoms with van der Waals surface area (Å²) in [6.07, 6.45) is 5.45. The lowest BCUT2D eigenvalue weighted by molar-refractivity contribution is -0.151. The van der Waals surface area contributed by atoms with Crippen LogP contribution >= 0.6 is 11.3 Å². The van der Waals surface area contributed by atoms with Crippen LogP contribution in [-0.2, 0) is 14.3 Å². The summed E-state index contributed by atoms with van der Waals surface area (Å²) in [4.78, 5) is 45.2. The number of likely N-dealkylation sites (tertiary alicyclic amines) is 1. The molecule has 2 amide bonds. The van der Waals surface area contributed by atoms with E-state index in [2.05, 4.69) is 6.07 Å². The molecule has 1 aliphatic carbocycles. The molecular formula is C27H32N2O4S. The van der Waals surface area contributed by atoms with Crippen molar-refractivity contribution in [2.45, 2.75) is 63.5 Å². The lowest BCUT2D eigenvalue weighted by atomic mass is 9.79. The molecule has 1 aromatic carbocycles. The Morgan fingerprint density at radius 1 is 1.03 bits per heavy atom. The second kappa shape index (κ2) is 9.90. The van der Waals surface area contributed by atoms with Crippen molar-refractivity contribution < 1.29 is 19.1 Å². The van der Waals surface area contributed by atoms with E-state index >= 15 is 0 Å². The van der Waals surface area contributed by atoms with Gasteiger partial charge in [-0.15, -0.1) is 11.3 Å². The lowest BCUT2D eigenvalue weighted by Gasteiger charge is -2.46. The van der Waals surface area contributed by atoms with Gasteiger partial charge in [0.05, 0.1) is 24.5 Å². The summed E-state index contributed by atoms with van der Waals surface area (Å²) >= 11 is 1.62. The fourth-order valence-electron chi connectivity index (χ4n) is 5.96. The van der Waals surface area contributed by atoms with Gasteiger partial charge in [0.25, 0.3) is 5.91 Å². The molecule has 5 rings (SSSR count). The summed E-state index contributed by atoms with van der Waals surface area (Å²) in [5.74, 6) is -0.638. The Morgan fingerprint density at radius 3 is 2.44 bits per heavy atom. The first-order chi connectivity index (χ1) is 16.6. The van der Waals surface area contributed by atoms with Crippen LogP contribution in [0.2, 0.25) is 0 Å². The minimum Gasteiger partial charge on any atom is -0.466 e. The van der Waals surface area contributed by atoms with Gasteiger partial charge in [0.2, 0.25) is 5.91 Å². The molecule has 2 aliphatic heterocycles. The first kappa shape index (κ1) is 23.1. The molecule has 0 radical (unpaired) electrons. The van der Waals surface area contributed by atoms with Crippen molar-refractivity contribution in [3.63, 3.8) is 0 Å². The fraction of sp³-hybridized carbons (Fsp3) is 0.519. The van der Waals surface area contributed by atoms with Gasteiger partial charge in [-0.05, 0) is 55.7 Å². The summed E-state index contributed by atoms with van der Waals surface area (Å²) in [5, 5.41) is 2.03. The number of nitrogens with zero attached hydrogens (tertiary/aromatic N) is 2. The molecule has 3 heterocycles. The number of hydrogen-bond donors (Lipinski definition) is 0. The molecular weight excluding hydrogens is 448 g/mol. The van der Waals surface area contributed by atoms with Gasteiger partial charge in [0, 0.05) is 29.6 Å². The normalized spacial score (nSPS) is 23.7. The van der Waals surface area contributed by atoms with Crippen molar-refractivity contribution in [1.29, 1.82) is 0 Å². The van der Waals surface area contributed by atoms with E-state index in [0.717, 1.165) is 36.1 Å². The third-order valence-corrected chi connectivity index (χ3v) is 8.56. The molecule has 180 valence electrons. The number of piperidine rings is 1. The third-order valence-electron chi connectivity index (χ3n) is 7.62. The van der Waals surface area contributed by atoms with E-state index in [0.29, 0.717) is 38.1 Å². The van der Waals surface area contributed by atoms with Gasteiger partial charge in [-0.2, -0.15) is 0 Å². The van der Waals surface area contributed by atoms with Crippen LogP contribution in [0.5, 0.6) is 0 Å². The van der Waals surface area contributed by atoms with E-state index in [4.69, 9.17) is 4.74 Å². The van der Waals surface area contributed by atoms with E-state index in [9.17, 15) is 14.4 Å². The number of esters is 1. The number of carbonyl (C=O) groups is 3. The van der Waals surface area contributed by atoms with Gasteiger partial charge in [-0.25, -0.2) is 0 Å². The van der Waals surface area contributed by atoms with Crippen molar-refractivity contribution in [2.75, 3.05) is 19.7 Å². The topological polar surface area (TPSA) is 66.9 Å². The number of benzene rings is 1. The summed E-state index contributed by atoms with van der Waals surface area (Å²) in [6, 6.07) is 11.6. The van der Waals surface area contributed by atoms with E-state index in [1.807, 2.05) is 52.4 Å². The lowest BCUT2D eigenvalue weighted by Crippen LogP contribution is -2.52. The molecule has 0 N–H and O–H groups in total. The van der Waals surface area contributed by atoms with Crippen molar-refractivity contribution in [2.24, 2.45) is 5.92 Å². The second-order valence-corrected chi connectivity index (χ2v) is 10.5. The fourth-order valence-corrected chi connectivity index (χ4v) is 6.82. The Morgan fingerprint density at radius 2 is 1.76 bits per heavy atom. The second-order valence-electron chi connectivity index (χ2n) is 9.53. The number of rotatable bonds is 5. The van der Waals surface area contributed by atoms with E-state index < -0.39 is 5.92 Å². The minimum absolute atomic E-state index is 0.0472. The Balaban J connectivity index is 1.50. The molecule has 1 aromatic heterocycles. The summed E-state index contributed by atoms with van der Waals surface area (Å²) < 4.78 is 5.20. The molecule has 6 nitrogen and oxygen atoms in total. The molecule has 0 unspecified atom stereocenters. The number of fused-ring (bicyclic) bond motifs is 1. The van der Waals surface area contributed by atoms with Gasteiger partial charge < -0.3 is 14.5 Å². The summed E-state index contributed by atoms with van der Waals surface area (Å²) in [7, 11) is 0. The van der Waals surface area contributed by atoms with Crippen molar-refractivity contribution in [1.82, 2.24) is 9.80 Å². The molecule has 3 aliphatic rings. The maximum Gasteiger partial charge on any atom is 0.309 e. The highest BCUT2D eigenvalue weighted by atomic mass is 32.1. The third kappa shape index (κ3) is 4.15. The molecule has 1 saturated heterocycles. The van der Waals surface area contributed by atoms with Gasteiger partial charge in [-0.3, -0.25) is 14.4 Å². The largest absolute Gasteiger partial charge is 0.466 e. The summed E-state index contributed by atoms with van der Waals surface area (Å²) in [6.45, 7) is 3.27. The van der Waals surface area contributed by atoms with Crippen LogP contribution in [0, 0.1) is 5.92 Å². The van der Waals surface area contributed by atoms with Crippen LogP contribution in [0.25, 0.3) is 0 Å². The van der Waals surface area contributed by atoms with E-state index in [1.165, 1.54) is 0 Å². The highest BCUT2D eigenvalue weighted by Crippen LogP contribution is 2.48. The smallest absolute Gasteiger partial charge is 0.309 e. The maximum absolute atomic E-state index is 14.2. The van der Waals surface area contributed by atoms with Gasteiger partial charge >= 0.3 is 5.97 Å². The number of carbonyl (C=O) groups excluding carboxylic acids is 3. The average Bonchev–Trinajstić information content (AvgIpc) is 3.58. The average molecular weight is 481 g/mol. The molecule has 7 heteroatoms. The zero-order valence-corrected chi connectivity index (χ0v) is 20.5. The van der Waals surface area contributed by atoms with Crippen LogP contribution in [0.3, 0.4) is 0 Å². The molecule has 2 fully saturated rings. The minimum atomic E-state index is -0.438. The first-order valence-corrected chi connectivity index (χ1v) is 13.4. The molecule has 0 spiro atoms. The predicted molar refractivity (Wildman–Crippen MR) is 131 cm³/mol. The predicted octanol–water partition coefficient (Wildman–Crippen LogP) is 4.77. The van der Waals surface area contributed by atoms with Gasteiger partial charge in [0.15, 0.2) is 0 Å². The standard InChI is InChI=1S/C27H32N2O4S/c1-2-33-27(32)18-13-15-28(16-14-18)26(31)23-20-10-5-6-11-21(20)25(30)29(19-8-3-4-9-19)24(23)22-12-7-17-34-22/h5-7,10-12,17-19,23-24H,2-4,8-9,13-16H2,1H3/t23-,24-/m0/s1. The molecule has 0 bridgehead atoms. The Bertz CT molecular complexity index is 1040. The summed E-state index contributed by atoms with van der Waals surface area (Å²) in [5.41, 5.74) is 1.49. The van der Waals surface area contributed by atoms with Crippen LogP contribution in [0.4, 0.5) is 0 Å². The van der Waals surface area contributed by atoms with Crippen LogP contribution in [-0.4, -0.2) is 53.3 Å². The quantitative estimate of drug-likeness (QED) is 0.578. The Hall–Kier alpha value is -2.67. The highest BCUT2D eigenvalue weighted by molar-refractivity contribution is 7.10. The highest BCUT2D eigenvalue weighted by Gasteiger charge is 2.48. The number of amides is 2. The van der Waals surface area contributed by atoms with Crippen LogP contribution in [0.15, 0.2) is 41.8 Å². The van der Waals surface area contributed by atoms with E-state index in [1.54, 1.807) is 11.3 Å². The van der Waals surface area contributed by atoms with Crippen LogP contribution < -0.4 is 0 Å². The molecule has 1 saturated carbocycles. The molecule has 2 atom stereocenters. The molecule has 34 heavy (non-hydrogen) atoms. The Labute approximate surface area is 204 Å². The molecule has 2 aromatic rings. The number of hydrogen-bond acceptors (Lipinski definition) is 5.